The number of hydrogen-bond donors (Lipinski definition) is 2. The van der Waals surface area contributed by atoms with E-state index in [2.05, 4.69) is 10.6 Å². The normalized spacial score (nSPS) is 10.4. The molecule has 2 N–H and O–H groups in total. The Labute approximate surface area is 152 Å². The summed E-state index contributed by atoms with van der Waals surface area (Å²) in [6, 6.07) is 14.2. The lowest BCUT2D eigenvalue weighted by Gasteiger charge is -2.10. The Hall–Kier alpha value is -2.53. The number of ether oxygens (including phenoxy) is 1. The molecule has 2 rings (SSSR count). The summed E-state index contributed by atoms with van der Waals surface area (Å²) in [5.41, 5.74) is 1.60. The Morgan fingerprint density at radius 2 is 1.84 bits per heavy atom. The van der Waals surface area contributed by atoms with Gasteiger partial charge in [0.05, 0.1) is 0 Å². The molecule has 25 heavy (non-hydrogen) atoms. The van der Waals surface area contributed by atoms with Crippen molar-refractivity contribution in [2.75, 3.05) is 11.9 Å². The van der Waals surface area contributed by atoms with Gasteiger partial charge < -0.3 is 15.4 Å². The monoisotopic (exact) mass is 360 g/mol. The standard InChI is InChI=1S/C19H21ClN2O3/c1-13(2)19(24)22-16-5-3-4-14(10-16)11-21-18(23)12-25-17-8-6-15(20)7-9-17/h3-10,13H,11-12H2,1-2H3,(H,21,23)(H,22,24). The number of benzene rings is 2. The van der Waals surface area contributed by atoms with Crippen molar-refractivity contribution in [2.45, 2.75) is 20.4 Å². The van der Waals surface area contributed by atoms with Gasteiger partial charge in [0.25, 0.3) is 5.91 Å². The quantitative estimate of drug-likeness (QED) is 0.792. The molecule has 0 aliphatic carbocycles. The van der Waals surface area contributed by atoms with E-state index in [-0.39, 0.29) is 24.3 Å². The predicted molar refractivity (Wildman–Crippen MR) is 98.7 cm³/mol. The molecule has 0 bridgehead atoms. The highest BCUT2D eigenvalue weighted by molar-refractivity contribution is 6.30. The fourth-order valence-corrected chi connectivity index (χ4v) is 2.10. The van der Waals surface area contributed by atoms with Gasteiger partial charge in [0.15, 0.2) is 6.61 Å². The van der Waals surface area contributed by atoms with Crippen LogP contribution in [0.5, 0.6) is 5.75 Å². The van der Waals surface area contributed by atoms with Crippen molar-refractivity contribution < 1.29 is 14.3 Å². The van der Waals surface area contributed by atoms with Gasteiger partial charge in [0.1, 0.15) is 5.75 Å². The minimum atomic E-state index is -0.230. The van der Waals surface area contributed by atoms with E-state index < -0.39 is 0 Å². The van der Waals surface area contributed by atoms with Crippen molar-refractivity contribution in [3.63, 3.8) is 0 Å². The molecule has 0 aromatic heterocycles. The molecule has 0 radical (unpaired) electrons. The molecule has 2 aromatic carbocycles. The number of nitrogens with one attached hydrogen (secondary N) is 2. The van der Waals surface area contributed by atoms with Crippen LogP contribution < -0.4 is 15.4 Å². The third-order valence-corrected chi connectivity index (χ3v) is 3.64. The lowest BCUT2D eigenvalue weighted by Crippen LogP contribution is -2.28. The van der Waals surface area contributed by atoms with Gasteiger partial charge in [-0.15, -0.1) is 0 Å². The summed E-state index contributed by atoms with van der Waals surface area (Å²) in [7, 11) is 0. The van der Waals surface area contributed by atoms with E-state index in [0.29, 0.717) is 23.0 Å². The summed E-state index contributed by atoms with van der Waals surface area (Å²) >= 11 is 5.79. The van der Waals surface area contributed by atoms with Crippen LogP contribution in [-0.2, 0) is 16.1 Å². The van der Waals surface area contributed by atoms with Crippen LogP contribution in [0.25, 0.3) is 0 Å². The van der Waals surface area contributed by atoms with Crippen molar-refractivity contribution in [3.05, 3.63) is 59.1 Å². The zero-order valence-corrected chi connectivity index (χ0v) is 15.0. The van der Waals surface area contributed by atoms with Gasteiger partial charge in [-0.3, -0.25) is 9.59 Å². The lowest BCUT2D eigenvalue weighted by atomic mass is 10.1. The Morgan fingerprint density at radius 1 is 1.12 bits per heavy atom. The van der Waals surface area contributed by atoms with E-state index in [4.69, 9.17) is 16.3 Å². The fraction of sp³-hybridized carbons (Fsp3) is 0.263. The highest BCUT2D eigenvalue weighted by atomic mass is 35.5. The van der Waals surface area contributed by atoms with Gasteiger partial charge in [0.2, 0.25) is 5.91 Å². The molecule has 0 saturated heterocycles. The third kappa shape index (κ3) is 6.47. The largest absolute Gasteiger partial charge is 0.484 e. The molecule has 2 amide bonds. The molecule has 0 heterocycles. The highest BCUT2D eigenvalue weighted by Gasteiger charge is 2.08. The summed E-state index contributed by atoms with van der Waals surface area (Å²) in [6.45, 7) is 3.94. The van der Waals surface area contributed by atoms with Gasteiger partial charge in [-0.1, -0.05) is 37.6 Å². The van der Waals surface area contributed by atoms with Gasteiger partial charge in [-0.05, 0) is 42.0 Å². The average molecular weight is 361 g/mol. The zero-order chi connectivity index (χ0) is 18.2. The molecule has 2 aromatic rings. The first-order chi connectivity index (χ1) is 11.9. The Balaban J connectivity index is 1.81. The predicted octanol–water partition coefficient (Wildman–Crippen LogP) is 3.63. The summed E-state index contributed by atoms with van der Waals surface area (Å²) < 4.78 is 5.39. The summed E-state index contributed by atoms with van der Waals surface area (Å²) in [6.07, 6.45) is 0. The van der Waals surface area contributed by atoms with E-state index in [1.165, 1.54) is 0 Å². The van der Waals surface area contributed by atoms with Gasteiger partial charge >= 0.3 is 0 Å². The van der Waals surface area contributed by atoms with E-state index in [0.717, 1.165) is 5.56 Å². The minimum Gasteiger partial charge on any atom is -0.484 e. The maximum atomic E-state index is 11.9. The molecule has 6 heteroatoms. The molecular formula is C19H21ClN2O3. The average Bonchev–Trinajstić information content (AvgIpc) is 2.59. The first-order valence-electron chi connectivity index (χ1n) is 7.99. The second-order valence-corrected chi connectivity index (χ2v) is 6.30. The maximum Gasteiger partial charge on any atom is 0.258 e. The molecule has 0 aliphatic rings. The van der Waals surface area contributed by atoms with E-state index in [9.17, 15) is 9.59 Å². The van der Waals surface area contributed by atoms with E-state index in [1.54, 1.807) is 24.3 Å². The number of anilines is 1. The third-order valence-electron chi connectivity index (χ3n) is 3.39. The molecule has 0 spiro atoms. The number of amides is 2. The molecule has 132 valence electrons. The van der Waals surface area contributed by atoms with Crippen LogP contribution in [-0.4, -0.2) is 18.4 Å². The van der Waals surface area contributed by atoms with Crippen molar-refractivity contribution in [1.29, 1.82) is 0 Å². The van der Waals surface area contributed by atoms with Crippen LogP contribution in [0.3, 0.4) is 0 Å². The first kappa shape index (κ1) is 18.8. The van der Waals surface area contributed by atoms with Crippen LogP contribution in [0.4, 0.5) is 5.69 Å². The molecule has 0 fully saturated rings. The smallest absolute Gasteiger partial charge is 0.258 e. The zero-order valence-electron chi connectivity index (χ0n) is 14.2. The van der Waals surface area contributed by atoms with Crippen molar-refractivity contribution in [1.82, 2.24) is 5.32 Å². The number of carbonyl (C=O) groups excluding carboxylic acids is 2. The Morgan fingerprint density at radius 3 is 2.52 bits per heavy atom. The second kappa shape index (κ2) is 9.08. The highest BCUT2D eigenvalue weighted by Crippen LogP contribution is 2.15. The van der Waals surface area contributed by atoms with E-state index in [1.807, 2.05) is 38.1 Å². The number of rotatable bonds is 7. The molecule has 0 atom stereocenters. The SMILES string of the molecule is CC(C)C(=O)Nc1cccc(CNC(=O)COc2ccc(Cl)cc2)c1. The summed E-state index contributed by atoms with van der Waals surface area (Å²) in [5.74, 6) is 0.218. The van der Waals surface area contributed by atoms with Crippen LogP contribution in [0.15, 0.2) is 48.5 Å². The summed E-state index contributed by atoms with van der Waals surface area (Å²) in [4.78, 5) is 23.6. The van der Waals surface area contributed by atoms with Gasteiger partial charge in [-0.2, -0.15) is 0 Å². The Kier molecular flexibility index (Phi) is 6.83. The van der Waals surface area contributed by atoms with Crippen molar-refractivity contribution in [3.8, 4) is 5.75 Å². The molecule has 5 nitrogen and oxygen atoms in total. The molecule has 0 aliphatic heterocycles. The van der Waals surface area contributed by atoms with E-state index >= 15 is 0 Å². The van der Waals surface area contributed by atoms with Gasteiger partial charge in [0, 0.05) is 23.2 Å². The number of hydrogen-bond acceptors (Lipinski definition) is 3. The number of halogens is 1. The molecule has 0 unspecified atom stereocenters. The van der Waals surface area contributed by atoms with Crippen LogP contribution in [0.2, 0.25) is 5.02 Å². The maximum absolute atomic E-state index is 11.9. The lowest BCUT2D eigenvalue weighted by molar-refractivity contribution is -0.123. The van der Waals surface area contributed by atoms with Crippen LogP contribution in [0.1, 0.15) is 19.4 Å². The minimum absolute atomic E-state index is 0.0439. The molecule has 0 saturated carbocycles. The van der Waals surface area contributed by atoms with Crippen molar-refractivity contribution in [2.24, 2.45) is 5.92 Å². The van der Waals surface area contributed by atoms with Gasteiger partial charge in [-0.25, -0.2) is 0 Å². The topological polar surface area (TPSA) is 67.4 Å². The van der Waals surface area contributed by atoms with Crippen molar-refractivity contribution >= 4 is 29.1 Å². The fourth-order valence-electron chi connectivity index (χ4n) is 1.98. The second-order valence-electron chi connectivity index (χ2n) is 5.86. The molecular weight excluding hydrogens is 340 g/mol. The van der Waals surface area contributed by atoms with Crippen LogP contribution in [0, 0.1) is 5.92 Å². The Bertz CT molecular complexity index is 730. The number of carbonyl (C=O) groups is 2. The first-order valence-corrected chi connectivity index (χ1v) is 8.36. The van der Waals surface area contributed by atoms with Crippen LogP contribution >= 0.6 is 11.6 Å². The summed E-state index contributed by atoms with van der Waals surface area (Å²) in [5, 5.41) is 6.23.